The van der Waals surface area contributed by atoms with E-state index in [2.05, 4.69) is 25.2 Å². The fraction of sp³-hybridized carbons (Fsp3) is 0.174. The molecule has 0 heterocycles. The molecule has 0 fully saturated rings. The Morgan fingerprint density at radius 3 is 2.04 bits per heavy atom. The van der Waals surface area contributed by atoms with Gasteiger partial charge >= 0.3 is 0 Å². The second-order valence-electron chi connectivity index (χ2n) is 6.45. The lowest BCUT2D eigenvalue weighted by Gasteiger charge is -2.19. The Morgan fingerprint density at radius 1 is 0.808 bits per heavy atom. The summed E-state index contributed by atoms with van der Waals surface area (Å²) in [6.45, 7) is 4.27. The lowest BCUT2D eigenvalue weighted by Crippen LogP contribution is -2.20. The molecule has 3 heteroatoms. The van der Waals surface area contributed by atoms with Crippen LogP contribution in [0.1, 0.15) is 36.1 Å². The minimum Gasteiger partial charge on any atom is -0.325 e. The molecule has 1 N–H and O–H groups in total. The van der Waals surface area contributed by atoms with Crippen molar-refractivity contribution in [2.45, 2.75) is 29.9 Å². The third-order valence-corrected chi connectivity index (χ3v) is 5.44. The molecule has 0 aliphatic heterocycles. The number of thioether (sulfide) groups is 1. The molecular formula is C23H23NOS. The van der Waals surface area contributed by atoms with E-state index in [1.165, 1.54) is 0 Å². The zero-order chi connectivity index (χ0) is 18.4. The minimum atomic E-state index is -0.307. The Kier molecular flexibility index (Phi) is 6.13. The van der Waals surface area contributed by atoms with Crippen LogP contribution in [-0.2, 0) is 4.79 Å². The molecule has 0 aliphatic carbocycles. The molecule has 0 spiro atoms. The highest BCUT2D eigenvalue weighted by atomic mass is 32.2. The first-order chi connectivity index (χ1) is 12.6. The maximum Gasteiger partial charge on any atom is 0.242 e. The summed E-state index contributed by atoms with van der Waals surface area (Å²) in [7, 11) is 0. The van der Waals surface area contributed by atoms with Crippen LogP contribution in [0.5, 0.6) is 0 Å². The monoisotopic (exact) mass is 361 g/mol. The highest BCUT2D eigenvalue weighted by molar-refractivity contribution is 8.00. The highest BCUT2D eigenvalue weighted by Crippen LogP contribution is 2.36. The van der Waals surface area contributed by atoms with Crippen LogP contribution in [0.25, 0.3) is 0 Å². The number of benzene rings is 3. The first-order valence-electron chi connectivity index (χ1n) is 8.81. The lowest BCUT2D eigenvalue weighted by molar-refractivity contribution is -0.115. The van der Waals surface area contributed by atoms with Gasteiger partial charge in [-0.25, -0.2) is 0 Å². The average molecular weight is 362 g/mol. The predicted molar refractivity (Wildman–Crippen MR) is 111 cm³/mol. The predicted octanol–water partition coefficient (Wildman–Crippen LogP) is 6.28. The van der Waals surface area contributed by atoms with Gasteiger partial charge in [-0.1, -0.05) is 80.6 Å². The zero-order valence-corrected chi connectivity index (χ0v) is 15.9. The van der Waals surface area contributed by atoms with Crippen LogP contribution in [0.15, 0.2) is 89.8 Å². The summed E-state index contributed by atoms with van der Waals surface area (Å²) < 4.78 is 0. The summed E-state index contributed by atoms with van der Waals surface area (Å²) >= 11 is 1.57. The van der Waals surface area contributed by atoms with Crippen LogP contribution < -0.4 is 5.32 Å². The van der Waals surface area contributed by atoms with Gasteiger partial charge in [0.2, 0.25) is 5.91 Å². The van der Waals surface area contributed by atoms with E-state index >= 15 is 0 Å². The number of para-hydroxylation sites is 1. The van der Waals surface area contributed by atoms with Crippen molar-refractivity contribution >= 4 is 23.4 Å². The van der Waals surface area contributed by atoms with Crippen LogP contribution in [-0.4, -0.2) is 5.91 Å². The number of carbonyl (C=O) groups excluding carboxylic acids is 1. The van der Waals surface area contributed by atoms with Gasteiger partial charge in [0, 0.05) is 10.6 Å². The molecule has 132 valence electrons. The third kappa shape index (κ3) is 4.55. The van der Waals surface area contributed by atoms with Gasteiger partial charge in [-0.3, -0.25) is 4.79 Å². The van der Waals surface area contributed by atoms with Crippen molar-refractivity contribution in [3.8, 4) is 0 Å². The summed E-state index contributed by atoms with van der Waals surface area (Å²) in [5, 5.41) is 2.84. The SMILES string of the molecule is CC(C)c1ccccc1NC(=O)[C@H](Sc1ccccc1)c1ccccc1. The molecule has 0 aromatic heterocycles. The molecule has 0 bridgehead atoms. The number of nitrogens with one attached hydrogen (secondary N) is 1. The van der Waals surface area contributed by atoms with Gasteiger partial charge in [0.05, 0.1) is 0 Å². The molecular weight excluding hydrogens is 338 g/mol. The number of anilines is 1. The standard InChI is InChI=1S/C23H23NOS/c1-17(2)20-15-9-10-16-21(20)24-23(25)22(18-11-5-3-6-12-18)26-19-13-7-4-8-14-19/h3-17,22H,1-2H3,(H,24,25)/t22-/m1/s1. The fourth-order valence-corrected chi connectivity index (χ4v) is 3.89. The summed E-state index contributed by atoms with van der Waals surface area (Å²) in [6, 6.07) is 28.0. The van der Waals surface area contributed by atoms with E-state index in [9.17, 15) is 4.79 Å². The molecule has 3 aromatic rings. The smallest absolute Gasteiger partial charge is 0.242 e. The number of hydrogen-bond donors (Lipinski definition) is 1. The molecule has 0 unspecified atom stereocenters. The normalized spacial score (nSPS) is 12.0. The minimum absolute atomic E-state index is 0.00171. The van der Waals surface area contributed by atoms with Gasteiger partial charge in [0.25, 0.3) is 0 Å². The fourth-order valence-electron chi connectivity index (χ4n) is 2.85. The molecule has 1 amide bonds. The van der Waals surface area contributed by atoms with Gasteiger partial charge < -0.3 is 5.32 Å². The number of rotatable bonds is 6. The largest absolute Gasteiger partial charge is 0.325 e. The second-order valence-corrected chi connectivity index (χ2v) is 7.63. The quantitative estimate of drug-likeness (QED) is 0.523. The molecule has 2 nitrogen and oxygen atoms in total. The van der Waals surface area contributed by atoms with Crippen molar-refractivity contribution in [2.75, 3.05) is 5.32 Å². The van der Waals surface area contributed by atoms with Crippen LogP contribution in [0.3, 0.4) is 0 Å². The third-order valence-electron chi connectivity index (χ3n) is 4.18. The van der Waals surface area contributed by atoms with Gasteiger partial charge in [0.1, 0.15) is 5.25 Å². The van der Waals surface area contributed by atoms with Crippen molar-refractivity contribution in [1.82, 2.24) is 0 Å². The molecule has 0 saturated heterocycles. The average Bonchev–Trinajstić information content (AvgIpc) is 2.68. The van der Waals surface area contributed by atoms with E-state index in [0.717, 1.165) is 21.7 Å². The number of amides is 1. The second kappa shape index (κ2) is 8.72. The maximum absolute atomic E-state index is 13.2. The van der Waals surface area contributed by atoms with Crippen molar-refractivity contribution < 1.29 is 4.79 Å². The van der Waals surface area contributed by atoms with Crippen LogP contribution in [0, 0.1) is 0 Å². The van der Waals surface area contributed by atoms with E-state index < -0.39 is 0 Å². The summed E-state index contributed by atoms with van der Waals surface area (Å²) in [6.07, 6.45) is 0. The summed E-state index contributed by atoms with van der Waals surface area (Å²) in [5.41, 5.74) is 3.04. The van der Waals surface area contributed by atoms with E-state index in [1.807, 2.05) is 78.9 Å². The highest BCUT2D eigenvalue weighted by Gasteiger charge is 2.23. The van der Waals surface area contributed by atoms with E-state index in [4.69, 9.17) is 0 Å². The summed E-state index contributed by atoms with van der Waals surface area (Å²) in [4.78, 5) is 14.2. The molecule has 0 radical (unpaired) electrons. The van der Waals surface area contributed by atoms with Crippen molar-refractivity contribution in [2.24, 2.45) is 0 Å². The molecule has 3 aromatic carbocycles. The Balaban J connectivity index is 1.88. The topological polar surface area (TPSA) is 29.1 Å². The molecule has 3 rings (SSSR count). The number of carbonyl (C=O) groups is 1. The first kappa shape index (κ1) is 18.3. The van der Waals surface area contributed by atoms with Gasteiger partial charge in [0.15, 0.2) is 0 Å². The van der Waals surface area contributed by atoms with Crippen LogP contribution in [0.2, 0.25) is 0 Å². The first-order valence-corrected chi connectivity index (χ1v) is 9.69. The molecule has 0 saturated carbocycles. The van der Waals surface area contributed by atoms with E-state index in [1.54, 1.807) is 11.8 Å². The van der Waals surface area contributed by atoms with Gasteiger partial charge in [-0.05, 0) is 35.2 Å². The molecule has 0 aliphatic rings. The van der Waals surface area contributed by atoms with Crippen molar-refractivity contribution in [3.63, 3.8) is 0 Å². The maximum atomic E-state index is 13.2. The van der Waals surface area contributed by atoms with Gasteiger partial charge in [-0.15, -0.1) is 11.8 Å². The van der Waals surface area contributed by atoms with Gasteiger partial charge in [-0.2, -0.15) is 0 Å². The zero-order valence-electron chi connectivity index (χ0n) is 15.1. The molecule has 26 heavy (non-hydrogen) atoms. The van der Waals surface area contributed by atoms with Crippen LogP contribution in [0.4, 0.5) is 5.69 Å². The summed E-state index contributed by atoms with van der Waals surface area (Å²) in [5.74, 6) is 0.349. The Labute approximate surface area is 159 Å². The van der Waals surface area contributed by atoms with E-state index in [0.29, 0.717) is 5.92 Å². The van der Waals surface area contributed by atoms with Crippen molar-refractivity contribution in [3.05, 3.63) is 96.1 Å². The Morgan fingerprint density at radius 2 is 1.38 bits per heavy atom. The Bertz CT molecular complexity index is 846. The lowest BCUT2D eigenvalue weighted by atomic mass is 10.0. The van der Waals surface area contributed by atoms with Crippen LogP contribution >= 0.6 is 11.8 Å². The Hall–Kier alpha value is -2.52. The molecule has 1 atom stereocenters. The number of hydrogen-bond acceptors (Lipinski definition) is 2. The van der Waals surface area contributed by atoms with E-state index in [-0.39, 0.29) is 11.2 Å². The van der Waals surface area contributed by atoms with Crippen molar-refractivity contribution in [1.29, 1.82) is 0 Å².